The molecule has 0 saturated carbocycles. The Labute approximate surface area is 70.4 Å². The van der Waals surface area contributed by atoms with Crippen molar-refractivity contribution in [1.82, 2.24) is 4.98 Å². The third-order valence-electron chi connectivity index (χ3n) is 1.27. The van der Waals surface area contributed by atoms with E-state index in [0.717, 1.165) is 5.69 Å². The molecule has 0 atom stereocenters. The van der Waals surface area contributed by atoms with Crippen molar-refractivity contribution in [3.05, 3.63) is 36.2 Å². The standard InChI is InChI=1S/C9H9NO2/c11-9(12)6-3-5-8-4-1-2-7-10-8/h1-5,7H,6H2,(H,11,12). The maximum atomic E-state index is 10.1. The topological polar surface area (TPSA) is 50.2 Å². The quantitative estimate of drug-likeness (QED) is 0.735. The van der Waals surface area contributed by atoms with Crippen LogP contribution in [0.25, 0.3) is 6.08 Å². The van der Waals surface area contributed by atoms with Gasteiger partial charge in [0, 0.05) is 6.20 Å². The van der Waals surface area contributed by atoms with Crippen LogP contribution in [0.5, 0.6) is 0 Å². The molecule has 1 aromatic rings. The fraction of sp³-hybridized carbons (Fsp3) is 0.111. The maximum absolute atomic E-state index is 10.1. The number of hydrogen-bond acceptors (Lipinski definition) is 2. The molecule has 0 saturated heterocycles. The third-order valence-corrected chi connectivity index (χ3v) is 1.27. The van der Waals surface area contributed by atoms with Crippen LogP contribution < -0.4 is 0 Å². The van der Waals surface area contributed by atoms with Crippen LogP contribution >= 0.6 is 0 Å². The summed E-state index contributed by atoms with van der Waals surface area (Å²) in [7, 11) is 0. The largest absolute Gasteiger partial charge is 0.481 e. The van der Waals surface area contributed by atoms with Gasteiger partial charge in [0.15, 0.2) is 0 Å². The van der Waals surface area contributed by atoms with Gasteiger partial charge in [-0.25, -0.2) is 0 Å². The first-order chi connectivity index (χ1) is 5.79. The molecular weight excluding hydrogens is 154 g/mol. The second-order valence-electron chi connectivity index (χ2n) is 2.25. The molecule has 0 aliphatic carbocycles. The number of rotatable bonds is 3. The van der Waals surface area contributed by atoms with Gasteiger partial charge in [-0.15, -0.1) is 0 Å². The van der Waals surface area contributed by atoms with Gasteiger partial charge in [0.1, 0.15) is 0 Å². The molecule has 62 valence electrons. The number of carboxylic acid groups (broad SMARTS) is 1. The van der Waals surface area contributed by atoms with E-state index in [9.17, 15) is 4.79 Å². The molecule has 0 aliphatic rings. The van der Waals surface area contributed by atoms with Crippen LogP contribution in [-0.2, 0) is 4.79 Å². The zero-order valence-corrected chi connectivity index (χ0v) is 6.47. The molecule has 0 aromatic carbocycles. The van der Waals surface area contributed by atoms with Crippen LogP contribution in [-0.4, -0.2) is 16.1 Å². The number of nitrogens with zero attached hydrogens (tertiary/aromatic N) is 1. The Morgan fingerprint density at radius 3 is 3.00 bits per heavy atom. The van der Waals surface area contributed by atoms with Gasteiger partial charge in [-0.05, 0) is 18.2 Å². The lowest BCUT2D eigenvalue weighted by molar-refractivity contribution is -0.135. The number of carboxylic acids is 1. The van der Waals surface area contributed by atoms with Gasteiger partial charge in [-0.1, -0.05) is 12.1 Å². The van der Waals surface area contributed by atoms with Crippen LogP contribution in [0.4, 0.5) is 0 Å². The van der Waals surface area contributed by atoms with E-state index in [1.165, 1.54) is 0 Å². The Bertz CT molecular complexity index is 280. The molecule has 3 nitrogen and oxygen atoms in total. The van der Waals surface area contributed by atoms with Crippen LogP contribution in [0.1, 0.15) is 12.1 Å². The van der Waals surface area contributed by atoms with Gasteiger partial charge in [0.25, 0.3) is 0 Å². The van der Waals surface area contributed by atoms with Gasteiger partial charge in [0.2, 0.25) is 0 Å². The first-order valence-electron chi connectivity index (χ1n) is 3.58. The molecule has 0 aliphatic heterocycles. The monoisotopic (exact) mass is 163 g/mol. The number of aliphatic carboxylic acids is 1. The summed E-state index contributed by atoms with van der Waals surface area (Å²) in [5.41, 5.74) is 0.777. The third kappa shape index (κ3) is 2.96. The lowest BCUT2D eigenvalue weighted by atomic mass is 10.3. The van der Waals surface area contributed by atoms with Gasteiger partial charge in [-0.3, -0.25) is 9.78 Å². The Balaban J connectivity index is 2.52. The highest BCUT2D eigenvalue weighted by Crippen LogP contribution is 1.97. The van der Waals surface area contributed by atoms with E-state index in [2.05, 4.69) is 4.98 Å². The first kappa shape index (κ1) is 8.46. The summed E-state index contributed by atoms with van der Waals surface area (Å²) in [6, 6.07) is 5.49. The lowest BCUT2D eigenvalue weighted by Crippen LogP contribution is -1.89. The minimum absolute atomic E-state index is 0.0383. The van der Waals surface area contributed by atoms with Crippen molar-refractivity contribution in [2.45, 2.75) is 6.42 Å². The lowest BCUT2D eigenvalue weighted by Gasteiger charge is -1.88. The summed E-state index contributed by atoms with van der Waals surface area (Å²) >= 11 is 0. The van der Waals surface area contributed by atoms with Crippen LogP contribution in [0, 0.1) is 0 Å². The van der Waals surface area contributed by atoms with Crippen molar-refractivity contribution in [2.24, 2.45) is 0 Å². The summed E-state index contributed by atoms with van der Waals surface area (Å²) in [6.07, 6.45) is 4.97. The van der Waals surface area contributed by atoms with Crippen LogP contribution in [0.15, 0.2) is 30.5 Å². The summed E-state index contributed by atoms with van der Waals surface area (Å²) in [5, 5.41) is 8.32. The van der Waals surface area contributed by atoms with E-state index < -0.39 is 5.97 Å². The van der Waals surface area contributed by atoms with Crippen molar-refractivity contribution >= 4 is 12.0 Å². The average molecular weight is 163 g/mol. The smallest absolute Gasteiger partial charge is 0.307 e. The van der Waals surface area contributed by atoms with E-state index in [0.29, 0.717) is 0 Å². The van der Waals surface area contributed by atoms with E-state index in [1.54, 1.807) is 18.3 Å². The Kier molecular flexibility index (Phi) is 3.02. The van der Waals surface area contributed by atoms with Gasteiger partial charge in [-0.2, -0.15) is 0 Å². The molecule has 0 amide bonds. The Hall–Kier alpha value is -1.64. The molecule has 0 spiro atoms. The maximum Gasteiger partial charge on any atom is 0.307 e. The zero-order valence-electron chi connectivity index (χ0n) is 6.47. The number of pyridine rings is 1. The molecule has 12 heavy (non-hydrogen) atoms. The number of hydrogen-bond donors (Lipinski definition) is 1. The summed E-state index contributed by atoms with van der Waals surface area (Å²) in [5.74, 6) is -0.831. The minimum atomic E-state index is -0.831. The van der Waals surface area contributed by atoms with Crippen LogP contribution in [0.2, 0.25) is 0 Å². The molecule has 0 unspecified atom stereocenters. The molecule has 3 heteroatoms. The van der Waals surface area contributed by atoms with Crippen LogP contribution in [0.3, 0.4) is 0 Å². The van der Waals surface area contributed by atoms with E-state index >= 15 is 0 Å². The molecule has 0 fully saturated rings. The second kappa shape index (κ2) is 4.28. The van der Waals surface area contributed by atoms with Gasteiger partial charge < -0.3 is 5.11 Å². The molecule has 1 heterocycles. The summed E-state index contributed by atoms with van der Waals surface area (Å²) in [4.78, 5) is 14.1. The van der Waals surface area contributed by atoms with Crippen molar-refractivity contribution in [1.29, 1.82) is 0 Å². The zero-order chi connectivity index (χ0) is 8.81. The highest BCUT2D eigenvalue weighted by molar-refractivity contribution is 5.70. The molecule has 0 bridgehead atoms. The average Bonchev–Trinajstić information content (AvgIpc) is 2.05. The highest BCUT2D eigenvalue weighted by atomic mass is 16.4. The van der Waals surface area contributed by atoms with Gasteiger partial charge >= 0.3 is 5.97 Å². The Morgan fingerprint density at radius 1 is 1.58 bits per heavy atom. The van der Waals surface area contributed by atoms with E-state index in [-0.39, 0.29) is 6.42 Å². The summed E-state index contributed by atoms with van der Waals surface area (Å²) < 4.78 is 0. The van der Waals surface area contributed by atoms with E-state index in [4.69, 9.17) is 5.11 Å². The van der Waals surface area contributed by atoms with Crippen molar-refractivity contribution in [3.8, 4) is 0 Å². The van der Waals surface area contributed by atoms with E-state index in [1.807, 2.05) is 18.2 Å². The number of carbonyl (C=O) groups is 1. The summed E-state index contributed by atoms with van der Waals surface area (Å²) in [6.45, 7) is 0. The fourth-order valence-corrected chi connectivity index (χ4v) is 0.755. The predicted molar refractivity (Wildman–Crippen MR) is 45.5 cm³/mol. The van der Waals surface area contributed by atoms with Crippen molar-refractivity contribution in [2.75, 3.05) is 0 Å². The Morgan fingerprint density at radius 2 is 2.42 bits per heavy atom. The van der Waals surface area contributed by atoms with Crippen molar-refractivity contribution < 1.29 is 9.90 Å². The molecular formula is C9H9NO2. The first-order valence-corrected chi connectivity index (χ1v) is 3.58. The normalized spacial score (nSPS) is 10.3. The minimum Gasteiger partial charge on any atom is -0.481 e. The fourth-order valence-electron chi connectivity index (χ4n) is 0.755. The highest BCUT2D eigenvalue weighted by Gasteiger charge is 1.89. The predicted octanol–water partition coefficient (Wildman–Crippen LogP) is 1.57. The second-order valence-corrected chi connectivity index (χ2v) is 2.25. The molecule has 0 radical (unpaired) electrons. The molecule has 1 N–H and O–H groups in total. The molecule has 1 rings (SSSR count). The number of aromatic nitrogens is 1. The SMILES string of the molecule is O=C(O)CC=Cc1ccccn1. The molecule has 1 aromatic heterocycles. The van der Waals surface area contributed by atoms with Gasteiger partial charge in [0.05, 0.1) is 12.1 Å². The van der Waals surface area contributed by atoms with Crippen molar-refractivity contribution in [3.63, 3.8) is 0 Å².